The van der Waals surface area contributed by atoms with Crippen molar-refractivity contribution in [3.63, 3.8) is 0 Å². The van der Waals surface area contributed by atoms with Gasteiger partial charge < -0.3 is 10.2 Å². The smallest absolute Gasteiger partial charge is 0.00957 e. The van der Waals surface area contributed by atoms with E-state index in [0.29, 0.717) is 5.41 Å². The van der Waals surface area contributed by atoms with Gasteiger partial charge in [0.25, 0.3) is 0 Å². The van der Waals surface area contributed by atoms with E-state index in [1.165, 1.54) is 51.7 Å². The monoisotopic (exact) mass is 238 g/mol. The first-order valence-corrected chi connectivity index (χ1v) is 7.55. The van der Waals surface area contributed by atoms with Gasteiger partial charge in [-0.15, -0.1) is 0 Å². The predicted molar refractivity (Wildman–Crippen MR) is 74.3 cm³/mol. The standard InChI is InChI=1S/C15H30N2/c1-4-16-11-13-7-10-17(12-13)14-5-8-15(2,3)9-6-14/h13-14,16H,4-12H2,1-3H3. The van der Waals surface area contributed by atoms with Crippen LogP contribution in [-0.2, 0) is 0 Å². The Morgan fingerprint density at radius 1 is 1.18 bits per heavy atom. The summed E-state index contributed by atoms with van der Waals surface area (Å²) >= 11 is 0. The van der Waals surface area contributed by atoms with Gasteiger partial charge in [0.05, 0.1) is 0 Å². The molecular formula is C15H30N2. The van der Waals surface area contributed by atoms with Crippen LogP contribution in [0.2, 0.25) is 0 Å². The van der Waals surface area contributed by atoms with E-state index in [2.05, 4.69) is 31.0 Å². The number of nitrogens with zero attached hydrogens (tertiary/aromatic N) is 1. The lowest BCUT2D eigenvalue weighted by molar-refractivity contribution is 0.123. The molecule has 100 valence electrons. The molecule has 1 N–H and O–H groups in total. The number of rotatable bonds is 4. The van der Waals surface area contributed by atoms with Crippen molar-refractivity contribution in [1.82, 2.24) is 10.2 Å². The van der Waals surface area contributed by atoms with E-state index in [1.807, 2.05) is 0 Å². The molecular weight excluding hydrogens is 208 g/mol. The van der Waals surface area contributed by atoms with E-state index >= 15 is 0 Å². The molecule has 0 aromatic carbocycles. The molecule has 1 saturated carbocycles. The van der Waals surface area contributed by atoms with Crippen LogP contribution in [0.3, 0.4) is 0 Å². The largest absolute Gasteiger partial charge is 0.317 e. The second kappa shape index (κ2) is 5.71. The summed E-state index contributed by atoms with van der Waals surface area (Å²) in [6.07, 6.45) is 7.12. The molecule has 1 saturated heterocycles. The van der Waals surface area contributed by atoms with Crippen molar-refractivity contribution in [3.05, 3.63) is 0 Å². The Morgan fingerprint density at radius 3 is 2.53 bits per heavy atom. The third-order valence-electron chi connectivity index (χ3n) is 4.83. The molecule has 1 heterocycles. The first kappa shape index (κ1) is 13.4. The zero-order valence-electron chi connectivity index (χ0n) is 12.0. The minimum Gasteiger partial charge on any atom is -0.317 e. The maximum atomic E-state index is 3.50. The van der Waals surface area contributed by atoms with Crippen LogP contribution in [0.15, 0.2) is 0 Å². The van der Waals surface area contributed by atoms with Crippen molar-refractivity contribution in [3.8, 4) is 0 Å². The van der Waals surface area contributed by atoms with Crippen molar-refractivity contribution in [2.75, 3.05) is 26.2 Å². The van der Waals surface area contributed by atoms with Gasteiger partial charge in [0, 0.05) is 12.6 Å². The Labute approximate surface area is 107 Å². The lowest BCUT2D eigenvalue weighted by Gasteiger charge is -2.38. The number of nitrogens with one attached hydrogen (secondary N) is 1. The minimum absolute atomic E-state index is 0.611. The third-order valence-corrected chi connectivity index (χ3v) is 4.83. The molecule has 2 aliphatic rings. The summed E-state index contributed by atoms with van der Waals surface area (Å²) in [5.74, 6) is 0.907. The zero-order valence-corrected chi connectivity index (χ0v) is 12.0. The third kappa shape index (κ3) is 3.69. The van der Waals surface area contributed by atoms with Crippen LogP contribution in [-0.4, -0.2) is 37.1 Å². The summed E-state index contributed by atoms with van der Waals surface area (Å²) in [5.41, 5.74) is 0.611. The van der Waals surface area contributed by atoms with E-state index in [-0.39, 0.29) is 0 Å². The van der Waals surface area contributed by atoms with Crippen LogP contribution in [0.25, 0.3) is 0 Å². The maximum absolute atomic E-state index is 3.50. The van der Waals surface area contributed by atoms with Gasteiger partial charge in [-0.3, -0.25) is 0 Å². The van der Waals surface area contributed by atoms with E-state index in [9.17, 15) is 0 Å². The SMILES string of the molecule is CCNCC1CCN(C2CCC(C)(C)CC2)C1. The van der Waals surface area contributed by atoms with Gasteiger partial charge in [-0.25, -0.2) is 0 Å². The molecule has 2 heteroatoms. The second-order valence-corrected chi connectivity index (χ2v) is 6.85. The van der Waals surface area contributed by atoms with Gasteiger partial charge >= 0.3 is 0 Å². The Kier molecular flexibility index (Phi) is 4.48. The van der Waals surface area contributed by atoms with Gasteiger partial charge in [-0.1, -0.05) is 20.8 Å². The van der Waals surface area contributed by atoms with Crippen LogP contribution < -0.4 is 5.32 Å². The summed E-state index contributed by atoms with van der Waals surface area (Å²) < 4.78 is 0. The molecule has 1 unspecified atom stereocenters. The first-order chi connectivity index (χ1) is 8.11. The molecule has 0 aromatic heterocycles. The average Bonchev–Trinajstić information content (AvgIpc) is 2.75. The fourth-order valence-corrected chi connectivity index (χ4v) is 3.46. The van der Waals surface area contributed by atoms with Crippen LogP contribution in [0.1, 0.15) is 52.9 Å². The normalized spacial score (nSPS) is 30.9. The molecule has 1 aliphatic heterocycles. The molecule has 2 fully saturated rings. The Hall–Kier alpha value is -0.0800. The predicted octanol–water partition coefficient (Wildman–Crippen LogP) is 2.89. The zero-order chi connectivity index (χ0) is 12.3. The molecule has 1 aliphatic carbocycles. The van der Waals surface area contributed by atoms with Crippen molar-refractivity contribution >= 4 is 0 Å². The maximum Gasteiger partial charge on any atom is 0.00957 e. The van der Waals surface area contributed by atoms with Crippen molar-refractivity contribution in [2.24, 2.45) is 11.3 Å². The summed E-state index contributed by atoms with van der Waals surface area (Å²) in [7, 11) is 0. The highest BCUT2D eigenvalue weighted by atomic mass is 15.2. The molecule has 2 rings (SSSR count). The topological polar surface area (TPSA) is 15.3 Å². The number of likely N-dealkylation sites (tertiary alicyclic amines) is 1. The van der Waals surface area contributed by atoms with E-state index in [0.717, 1.165) is 18.5 Å². The fourth-order valence-electron chi connectivity index (χ4n) is 3.46. The fraction of sp³-hybridized carbons (Fsp3) is 1.00. The summed E-state index contributed by atoms with van der Waals surface area (Å²) in [5, 5.41) is 3.50. The van der Waals surface area contributed by atoms with Crippen LogP contribution in [0.5, 0.6) is 0 Å². The molecule has 0 bridgehead atoms. The molecule has 0 aromatic rings. The molecule has 0 radical (unpaired) electrons. The van der Waals surface area contributed by atoms with Crippen LogP contribution >= 0.6 is 0 Å². The Bertz CT molecular complexity index is 227. The second-order valence-electron chi connectivity index (χ2n) is 6.85. The van der Waals surface area contributed by atoms with Gasteiger partial charge in [-0.05, 0) is 63.1 Å². The van der Waals surface area contributed by atoms with Crippen LogP contribution in [0.4, 0.5) is 0 Å². The van der Waals surface area contributed by atoms with Crippen molar-refractivity contribution < 1.29 is 0 Å². The van der Waals surface area contributed by atoms with E-state index < -0.39 is 0 Å². The van der Waals surface area contributed by atoms with Gasteiger partial charge in [0.2, 0.25) is 0 Å². The average molecular weight is 238 g/mol. The molecule has 2 nitrogen and oxygen atoms in total. The highest BCUT2D eigenvalue weighted by Gasteiger charge is 2.33. The summed E-state index contributed by atoms with van der Waals surface area (Å²) in [4.78, 5) is 2.78. The lowest BCUT2D eigenvalue weighted by Crippen LogP contribution is -2.38. The highest BCUT2D eigenvalue weighted by molar-refractivity contribution is 4.88. The van der Waals surface area contributed by atoms with E-state index in [4.69, 9.17) is 0 Å². The van der Waals surface area contributed by atoms with Crippen molar-refractivity contribution in [1.29, 1.82) is 0 Å². The van der Waals surface area contributed by atoms with Crippen molar-refractivity contribution in [2.45, 2.75) is 58.9 Å². The highest BCUT2D eigenvalue weighted by Crippen LogP contribution is 2.38. The van der Waals surface area contributed by atoms with Crippen LogP contribution in [0, 0.1) is 11.3 Å². The number of hydrogen-bond acceptors (Lipinski definition) is 2. The van der Waals surface area contributed by atoms with Gasteiger partial charge in [-0.2, -0.15) is 0 Å². The summed E-state index contributed by atoms with van der Waals surface area (Å²) in [6, 6.07) is 0.898. The first-order valence-electron chi connectivity index (χ1n) is 7.55. The van der Waals surface area contributed by atoms with Gasteiger partial charge in [0.15, 0.2) is 0 Å². The Morgan fingerprint density at radius 2 is 1.88 bits per heavy atom. The summed E-state index contributed by atoms with van der Waals surface area (Å²) in [6.45, 7) is 12.1. The van der Waals surface area contributed by atoms with Gasteiger partial charge in [0.1, 0.15) is 0 Å². The lowest BCUT2D eigenvalue weighted by atomic mass is 9.75. The molecule has 1 atom stereocenters. The van der Waals surface area contributed by atoms with E-state index in [1.54, 1.807) is 0 Å². The quantitative estimate of drug-likeness (QED) is 0.810. The molecule has 0 amide bonds. The minimum atomic E-state index is 0.611. The molecule has 17 heavy (non-hydrogen) atoms. The molecule has 0 spiro atoms. The number of hydrogen-bond donors (Lipinski definition) is 1. The Balaban J connectivity index is 1.74.